The molecule has 7 heteroatoms. The molecule has 106 valence electrons. The molecule has 0 radical (unpaired) electrons. The number of alkyl halides is 2. The van der Waals surface area contributed by atoms with E-state index in [9.17, 15) is 0 Å². The zero-order valence-electron chi connectivity index (χ0n) is 10.1. The van der Waals surface area contributed by atoms with Crippen molar-refractivity contribution in [2.45, 2.75) is 4.84 Å². The molecule has 0 aliphatic rings. The third kappa shape index (κ3) is 4.31. The molecule has 0 amide bonds. The number of hydrogen-bond acceptors (Lipinski definition) is 0. The molecule has 0 saturated heterocycles. The van der Waals surface area contributed by atoms with E-state index in [1.165, 1.54) is 0 Å². The summed E-state index contributed by atoms with van der Waals surface area (Å²) in [5.41, 5.74) is 2.68. The largest absolute Gasteiger partial charge is 0.334 e. The molecule has 0 bridgehead atoms. The molecule has 0 atom stereocenters. The van der Waals surface area contributed by atoms with Crippen LogP contribution in [0.4, 0.5) is 0 Å². The first-order chi connectivity index (χ1) is 9.38. The first-order valence-corrected chi connectivity index (χ1v) is 11.0. The fraction of sp³-hybridized carbons (Fsp3) is 0.0769. The van der Waals surface area contributed by atoms with E-state index in [4.69, 9.17) is 56.9 Å². The molecule has 0 saturated carbocycles. The Morgan fingerprint density at radius 2 is 1.60 bits per heavy atom. The van der Waals surface area contributed by atoms with E-state index in [2.05, 4.69) is 0 Å². The van der Waals surface area contributed by atoms with Gasteiger partial charge >= 0.3 is 5.32 Å². The number of halogens is 5. The summed E-state index contributed by atoms with van der Waals surface area (Å²) in [5.74, 6) is 1.56. The van der Waals surface area contributed by atoms with Crippen LogP contribution >= 0.6 is 62.2 Å². The standard InChI is InChI=1S/C13H10Cl5NP/c14-13(15)12-7-6-11(10-4-2-1-3-5-10)19(12)8-9-20(16,17)18/h1-9,13H/q+1/b9-8+. The highest BCUT2D eigenvalue weighted by atomic mass is 36.1. The van der Waals surface area contributed by atoms with Crippen LogP contribution in [0.5, 0.6) is 0 Å². The van der Waals surface area contributed by atoms with Crippen LogP contribution in [0.25, 0.3) is 17.5 Å². The lowest BCUT2D eigenvalue weighted by Gasteiger charge is -2.09. The Morgan fingerprint density at radius 1 is 0.950 bits per heavy atom. The summed E-state index contributed by atoms with van der Waals surface area (Å²) in [5, 5.41) is -2.59. The van der Waals surface area contributed by atoms with Crippen molar-refractivity contribution in [3.8, 4) is 11.3 Å². The monoisotopic (exact) mass is 386 g/mol. The topological polar surface area (TPSA) is 4.93 Å². The van der Waals surface area contributed by atoms with E-state index in [1.807, 2.05) is 47.0 Å². The van der Waals surface area contributed by atoms with Crippen molar-refractivity contribution in [2.75, 3.05) is 0 Å². The smallest absolute Gasteiger partial charge is 0.314 e. The van der Waals surface area contributed by atoms with Crippen molar-refractivity contribution in [3.05, 3.63) is 54.0 Å². The van der Waals surface area contributed by atoms with Gasteiger partial charge in [-0.25, -0.2) is 0 Å². The lowest BCUT2D eigenvalue weighted by molar-refractivity contribution is 1.06. The molecular formula is C13H10Cl5NP+. The average Bonchev–Trinajstić information content (AvgIpc) is 2.80. The Kier molecular flexibility index (Phi) is 5.71. The summed E-state index contributed by atoms with van der Waals surface area (Å²) in [6.45, 7) is 0. The van der Waals surface area contributed by atoms with Gasteiger partial charge in [-0.1, -0.05) is 53.5 Å². The van der Waals surface area contributed by atoms with Gasteiger partial charge in [0.05, 0.1) is 11.4 Å². The van der Waals surface area contributed by atoms with Crippen molar-refractivity contribution in [2.24, 2.45) is 0 Å². The zero-order valence-corrected chi connectivity index (χ0v) is 14.7. The van der Waals surface area contributed by atoms with Gasteiger partial charge in [0.25, 0.3) is 0 Å². The number of hydrogen-bond donors (Lipinski definition) is 0. The van der Waals surface area contributed by atoms with Crippen molar-refractivity contribution < 1.29 is 0 Å². The molecule has 1 heterocycles. The summed E-state index contributed by atoms with van der Waals surface area (Å²) in [6, 6.07) is 13.6. The highest BCUT2D eigenvalue weighted by Gasteiger charge is 2.29. The van der Waals surface area contributed by atoms with Crippen LogP contribution in [0, 0.1) is 0 Å². The van der Waals surface area contributed by atoms with Gasteiger partial charge in [-0.3, -0.25) is 0 Å². The highest BCUT2D eigenvalue weighted by Crippen LogP contribution is 2.75. The number of nitrogens with zero attached hydrogens (tertiary/aromatic N) is 1. The minimum atomic E-state index is -2.59. The number of aromatic nitrogens is 1. The molecule has 1 aromatic carbocycles. The van der Waals surface area contributed by atoms with Crippen molar-refractivity contribution in [1.29, 1.82) is 0 Å². The van der Waals surface area contributed by atoms with Crippen molar-refractivity contribution in [3.63, 3.8) is 0 Å². The minimum absolute atomic E-state index is 0.661. The average molecular weight is 388 g/mol. The molecule has 1 nitrogen and oxygen atoms in total. The SMILES string of the molecule is ClC(Cl)c1ccc(-c2ccccc2)n1/C=C/[P+](Cl)(Cl)Cl. The Hall–Kier alpha value is 0.120. The lowest BCUT2D eigenvalue weighted by atomic mass is 10.1. The second-order valence-electron chi connectivity index (χ2n) is 3.96. The van der Waals surface area contributed by atoms with Crippen LogP contribution in [-0.4, -0.2) is 4.57 Å². The highest BCUT2D eigenvalue weighted by molar-refractivity contribution is 8.34. The summed E-state index contributed by atoms with van der Waals surface area (Å²) < 4.78 is 1.84. The molecule has 0 spiro atoms. The van der Waals surface area contributed by atoms with Gasteiger partial charge in [0.1, 0.15) is 44.4 Å². The van der Waals surface area contributed by atoms with Crippen LogP contribution in [0.15, 0.2) is 48.3 Å². The van der Waals surface area contributed by atoms with Gasteiger partial charge in [0.2, 0.25) is 0 Å². The first-order valence-electron chi connectivity index (χ1n) is 5.60. The van der Waals surface area contributed by atoms with E-state index in [0.29, 0.717) is 0 Å². The molecule has 0 unspecified atom stereocenters. The molecule has 1 aromatic heterocycles. The fourth-order valence-corrected chi connectivity index (χ4v) is 2.89. The maximum absolute atomic E-state index is 5.98. The number of benzene rings is 1. The normalized spacial score (nSPS) is 12.5. The third-order valence-electron chi connectivity index (χ3n) is 2.63. The van der Waals surface area contributed by atoms with Crippen LogP contribution in [0.1, 0.15) is 10.5 Å². The first kappa shape index (κ1) is 16.5. The molecule has 2 rings (SSSR count). The maximum atomic E-state index is 5.98. The summed E-state index contributed by atoms with van der Waals surface area (Å²) in [6.07, 6.45) is 1.70. The quantitative estimate of drug-likeness (QED) is 0.377. The maximum Gasteiger partial charge on any atom is 0.334 e. The van der Waals surface area contributed by atoms with Gasteiger partial charge in [-0.2, -0.15) is 0 Å². The zero-order chi connectivity index (χ0) is 14.8. The second kappa shape index (κ2) is 6.92. The summed E-state index contributed by atoms with van der Waals surface area (Å²) in [4.78, 5) is -0.661. The molecule has 0 N–H and O–H groups in total. The van der Waals surface area contributed by atoms with E-state index < -0.39 is 10.2 Å². The predicted octanol–water partition coefficient (Wildman–Crippen LogP) is 7.54. The van der Waals surface area contributed by atoms with Crippen molar-refractivity contribution in [1.82, 2.24) is 4.57 Å². The Bertz CT molecular complexity index is 601. The van der Waals surface area contributed by atoms with Gasteiger partial charge in [-0.15, -0.1) is 0 Å². The van der Waals surface area contributed by atoms with Gasteiger partial charge in [0.15, 0.2) is 0 Å². The van der Waals surface area contributed by atoms with E-state index >= 15 is 0 Å². The second-order valence-corrected chi connectivity index (χ2v) is 12.7. The Balaban J connectivity index is 2.51. The molecular weight excluding hydrogens is 378 g/mol. The summed E-state index contributed by atoms with van der Waals surface area (Å²) in [7, 11) is 0. The van der Waals surface area contributed by atoms with Gasteiger partial charge < -0.3 is 4.57 Å². The van der Waals surface area contributed by atoms with Gasteiger partial charge in [-0.05, 0) is 17.7 Å². The van der Waals surface area contributed by atoms with Crippen LogP contribution in [0.2, 0.25) is 0 Å². The molecule has 0 aliphatic heterocycles. The Labute approximate surface area is 142 Å². The fourth-order valence-electron chi connectivity index (χ4n) is 1.79. The van der Waals surface area contributed by atoms with E-state index in [0.717, 1.165) is 17.0 Å². The van der Waals surface area contributed by atoms with Crippen molar-refractivity contribution >= 4 is 68.4 Å². The number of rotatable bonds is 4. The molecule has 2 aromatic rings. The lowest BCUT2D eigenvalue weighted by Crippen LogP contribution is -1.96. The Morgan fingerprint density at radius 3 is 2.15 bits per heavy atom. The van der Waals surface area contributed by atoms with Crippen LogP contribution < -0.4 is 0 Å². The predicted molar refractivity (Wildman–Crippen MR) is 94.1 cm³/mol. The molecule has 20 heavy (non-hydrogen) atoms. The van der Waals surface area contributed by atoms with Crippen LogP contribution in [-0.2, 0) is 0 Å². The molecule has 0 aliphatic carbocycles. The van der Waals surface area contributed by atoms with E-state index in [1.54, 1.807) is 12.0 Å². The molecule has 0 fully saturated rings. The summed E-state index contributed by atoms with van der Waals surface area (Å²) >= 11 is 29.5. The third-order valence-corrected chi connectivity index (χ3v) is 4.56. The minimum Gasteiger partial charge on any atom is -0.314 e. The van der Waals surface area contributed by atoms with E-state index in [-0.39, 0.29) is 0 Å². The van der Waals surface area contributed by atoms with Crippen LogP contribution in [0.3, 0.4) is 0 Å². The van der Waals surface area contributed by atoms with Gasteiger partial charge in [0, 0.05) is 6.20 Å².